The first-order valence-corrected chi connectivity index (χ1v) is 6.02. The molecule has 0 aromatic heterocycles. The molecule has 0 amide bonds. The molecule has 0 heterocycles. The molecule has 6 heteroatoms. The fraction of sp³-hybridized carbons (Fsp3) is 1.00. The van der Waals surface area contributed by atoms with Gasteiger partial charge in [-0.2, -0.15) is 0 Å². The maximum atomic E-state index is 11.5. The van der Waals surface area contributed by atoms with Gasteiger partial charge in [-0.15, -0.1) is 12.4 Å². The Hall–Kier alpha value is 0.400. The number of hydrogen-bond acceptors (Lipinski definition) is 3. The highest BCUT2D eigenvalue weighted by Gasteiger charge is 2.37. The SMILES string of the molecule is CCP(=O)(O)C(C)(N)CCCN.Cl. The Labute approximate surface area is 85.9 Å². The molecule has 0 saturated carbocycles. The molecule has 0 fully saturated rings. The lowest BCUT2D eigenvalue weighted by Gasteiger charge is -2.29. The third-order valence-corrected chi connectivity index (χ3v) is 4.79. The van der Waals surface area contributed by atoms with E-state index in [4.69, 9.17) is 11.5 Å². The molecule has 0 saturated heterocycles. The molecule has 0 bridgehead atoms. The average molecular weight is 231 g/mol. The van der Waals surface area contributed by atoms with Crippen molar-refractivity contribution in [3.05, 3.63) is 0 Å². The van der Waals surface area contributed by atoms with Crippen molar-refractivity contribution < 1.29 is 9.46 Å². The maximum Gasteiger partial charge on any atom is 0.219 e. The normalized spacial score (nSPS) is 19.8. The van der Waals surface area contributed by atoms with Crippen LogP contribution in [0.15, 0.2) is 0 Å². The highest BCUT2D eigenvalue weighted by atomic mass is 35.5. The minimum atomic E-state index is -3.18. The molecule has 0 aromatic carbocycles. The molecule has 4 nitrogen and oxygen atoms in total. The monoisotopic (exact) mass is 230 g/mol. The van der Waals surface area contributed by atoms with Crippen LogP contribution in [-0.2, 0) is 4.57 Å². The van der Waals surface area contributed by atoms with E-state index in [-0.39, 0.29) is 18.6 Å². The second kappa shape index (κ2) is 5.99. The number of hydrogen-bond donors (Lipinski definition) is 3. The van der Waals surface area contributed by atoms with Gasteiger partial charge < -0.3 is 16.4 Å². The molecule has 0 aliphatic rings. The molecule has 2 unspecified atom stereocenters. The fourth-order valence-electron chi connectivity index (χ4n) is 0.996. The highest BCUT2D eigenvalue weighted by Crippen LogP contribution is 2.52. The van der Waals surface area contributed by atoms with Crippen molar-refractivity contribution in [2.75, 3.05) is 12.7 Å². The summed E-state index contributed by atoms with van der Waals surface area (Å²) in [5.41, 5.74) is 11.0. The Kier molecular flexibility index (Phi) is 7.31. The Morgan fingerprint density at radius 3 is 2.31 bits per heavy atom. The first-order chi connectivity index (χ1) is 5.37. The first-order valence-electron chi connectivity index (χ1n) is 4.18. The Morgan fingerprint density at radius 1 is 1.54 bits per heavy atom. The Balaban J connectivity index is 0. The zero-order chi connectivity index (χ0) is 9.83. The topological polar surface area (TPSA) is 89.3 Å². The van der Waals surface area contributed by atoms with Gasteiger partial charge in [0.15, 0.2) is 0 Å². The maximum absolute atomic E-state index is 11.5. The lowest BCUT2D eigenvalue weighted by atomic mass is 10.2. The molecule has 82 valence electrons. The molecular formula is C7H20ClN2O2P. The van der Waals surface area contributed by atoms with Gasteiger partial charge in [0.2, 0.25) is 7.37 Å². The summed E-state index contributed by atoms with van der Waals surface area (Å²) >= 11 is 0. The van der Waals surface area contributed by atoms with E-state index in [1.807, 2.05) is 0 Å². The van der Waals surface area contributed by atoms with Crippen LogP contribution in [0.3, 0.4) is 0 Å². The molecule has 0 rings (SSSR count). The van der Waals surface area contributed by atoms with Gasteiger partial charge >= 0.3 is 0 Å². The van der Waals surface area contributed by atoms with Crippen LogP contribution in [0.25, 0.3) is 0 Å². The van der Waals surface area contributed by atoms with Gasteiger partial charge in [0.1, 0.15) is 0 Å². The Morgan fingerprint density at radius 2 is 2.00 bits per heavy atom. The van der Waals surface area contributed by atoms with E-state index < -0.39 is 12.6 Å². The zero-order valence-corrected chi connectivity index (χ0v) is 9.90. The van der Waals surface area contributed by atoms with E-state index in [1.54, 1.807) is 13.8 Å². The minimum Gasteiger partial charge on any atom is -0.343 e. The summed E-state index contributed by atoms with van der Waals surface area (Å²) < 4.78 is 11.5. The van der Waals surface area contributed by atoms with E-state index in [2.05, 4.69) is 0 Å². The van der Waals surface area contributed by atoms with Crippen LogP contribution in [0.2, 0.25) is 0 Å². The summed E-state index contributed by atoms with van der Waals surface area (Å²) in [6.45, 7) is 3.80. The van der Waals surface area contributed by atoms with Gasteiger partial charge in [-0.1, -0.05) is 6.92 Å². The molecule has 0 aliphatic carbocycles. The average Bonchev–Trinajstić information content (AvgIpc) is 2.00. The van der Waals surface area contributed by atoms with E-state index in [0.717, 1.165) is 0 Å². The van der Waals surface area contributed by atoms with Gasteiger partial charge in [-0.25, -0.2) is 0 Å². The van der Waals surface area contributed by atoms with Crippen LogP contribution in [0, 0.1) is 0 Å². The van der Waals surface area contributed by atoms with Gasteiger partial charge in [0.25, 0.3) is 0 Å². The van der Waals surface area contributed by atoms with E-state index in [1.165, 1.54) is 0 Å². The van der Waals surface area contributed by atoms with E-state index >= 15 is 0 Å². The van der Waals surface area contributed by atoms with Crippen LogP contribution in [0.4, 0.5) is 0 Å². The first kappa shape index (κ1) is 15.9. The summed E-state index contributed by atoms with van der Waals surface area (Å²) in [5.74, 6) is 0. The molecule has 0 radical (unpaired) electrons. The second-order valence-corrected chi connectivity index (χ2v) is 6.32. The van der Waals surface area contributed by atoms with Crippen LogP contribution < -0.4 is 11.5 Å². The largest absolute Gasteiger partial charge is 0.343 e. The van der Waals surface area contributed by atoms with Gasteiger partial charge in [-0.05, 0) is 26.3 Å². The smallest absolute Gasteiger partial charge is 0.219 e. The van der Waals surface area contributed by atoms with Crippen molar-refractivity contribution >= 4 is 19.8 Å². The second-order valence-electron chi connectivity index (χ2n) is 3.27. The highest BCUT2D eigenvalue weighted by molar-refractivity contribution is 7.59. The summed E-state index contributed by atoms with van der Waals surface area (Å²) in [6, 6.07) is 0. The third kappa shape index (κ3) is 4.43. The zero-order valence-electron chi connectivity index (χ0n) is 8.19. The van der Waals surface area contributed by atoms with Crippen LogP contribution in [-0.4, -0.2) is 22.9 Å². The summed E-state index contributed by atoms with van der Waals surface area (Å²) in [7, 11) is -3.18. The van der Waals surface area contributed by atoms with Crippen LogP contribution >= 0.6 is 19.8 Å². The number of halogens is 1. The van der Waals surface area contributed by atoms with Crippen molar-refractivity contribution in [1.82, 2.24) is 0 Å². The fourth-order valence-corrected chi connectivity index (χ4v) is 2.23. The van der Waals surface area contributed by atoms with Crippen LogP contribution in [0.1, 0.15) is 26.7 Å². The van der Waals surface area contributed by atoms with Gasteiger partial charge in [-0.3, -0.25) is 4.57 Å². The summed E-state index contributed by atoms with van der Waals surface area (Å²) in [6.07, 6.45) is 1.42. The third-order valence-electron chi connectivity index (χ3n) is 2.11. The van der Waals surface area contributed by atoms with E-state index in [9.17, 15) is 9.46 Å². The van der Waals surface area contributed by atoms with Gasteiger partial charge in [0.05, 0.1) is 5.28 Å². The molecular weight excluding hydrogens is 211 g/mol. The van der Waals surface area contributed by atoms with Crippen LogP contribution in [0.5, 0.6) is 0 Å². The van der Waals surface area contributed by atoms with E-state index in [0.29, 0.717) is 19.4 Å². The van der Waals surface area contributed by atoms with Gasteiger partial charge in [0, 0.05) is 6.16 Å². The predicted octanol–water partition coefficient (Wildman–Crippen LogP) is 1.11. The molecule has 2 atom stereocenters. The summed E-state index contributed by atoms with van der Waals surface area (Å²) in [5, 5.41) is -0.971. The molecule has 13 heavy (non-hydrogen) atoms. The minimum absolute atomic E-state index is 0. The Bertz CT molecular complexity index is 187. The van der Waals surface area contributed by atoms with Crippen molar-refractivity contribution in [3.8, 4) is 0 Å². The van der Waals surface area contributed by atoms with Crippen molar-refractivity contribution in [2.45, 2.75) is 32.0 Å². The molecule has 5 N–H and O–H groups in total. The molecule has 0 aliphatic heterocycles. The lowest BCUT2D eigenvalue weighted by molar-refractivity contribution is 0.416. The summed E-state index contributed by atoms with van der Waals surface area (Å²) in [4.78, 5) is 9.47. The van der Waals surface area contributed by atoms with Crippen molar-refractivity contribution in [3.63, 3.8) is 0 Å². The molecule has 0 spiro atoms. The standard InChI is InChI=1S/C7H19N2O2P.ClH/c1-3-12(10,11)7(2,9)5-4-6-8;/h3-6,8-9H2,1-2H3,(H,10,11);1H. The predicted molar refractivity (Wildman–Crippen MR) is 58.5 cm³/mol. The quantitative estimate of drug-likeness (QED) is 0.618. The lowest BCUT2D eigenvalue weighted by Crippen LogP contribution is -2.37. The van der Waals surface area contributed by atoms with Crippen molar-refractivity contribution in [2.24, 2.45) is 11.5 Å². The van der Waals surface area contributed by atoms with Crippen molar-refractivity contribution in [1.29, 1.82) is 0 Å². The molecule has 0 aromatic rings. The number of nitrogens with two attached hydrogens (primary N) is 2. The number of rotatable bonds is 5.